The van der Waals surface area contributed by atoms with Crippen molar-refractivity contribution in [3.8, 4) is 0 Å². The number of carbonyl (C=O) groups is 2. The van der Waals surface area contributed by atoms with Crippen LogP contribution in [0, 0.1) is 0 Å². The second-order valence-corrected chi connectivity index (χ2v) is 6.09. The molecule has 2 heterocycles. The molecule has 1 aliphatic heterocycles. The molecule has 1 aromatic rings. The fourth-order valence-corrected chi connectivity index (χ4v) is 2.43. The van der Waals surface area contributed by atoms with E-state index in [0.717, 1.165) is 10.2 Å². The highest BCUT2D eigenvalue weighted by Gasteiger charge is 2.39. The molecule has 0 aromatic carbocycles. The first-order valence-electron chi connectivity index (χ1n) is 6.65. The van der Waals surface area contributed by atoms with Crippen LogP contribution in [0.1, 0.15) is 32.4 Å². The summed E-state index contributed by atoms with van der Waals surface area (Å²) in [5.74, 6) is -0.121. The van der Waals surface area contributed by atoms with E-state index in [1.54, 1.807) is 18.0 Å². The van der Waals surface area contributed by atoms with E-state index in [0.29, 0.717) is 25.9 Å². The first-order valence-corrected chi connectivity index (χ1v) is 7.45. The number of nitrogens with zero attached hydrogens (tertiary/aromatic N) is 2. The molecule has 1 atom stereocenters. The fourth-order valence-electron chi connectivity index (χ4n) is 2.20. The zero-order chi connectivity index (χ0) is 14.8. The molecule has 6 heteroatoms. The van der Waals surface area contributed by atoms with Crippen molar-refractivity contribution in [3.05, 3.63) is 28.5 Å². The quantitative estimate of drug-likeness (QED) is 0.914. The molecule has 1 aromatic heterocycles. The van der Waals surface area contributed by atoms with Gasteiger partial charge in [0.1, 0.15) is 5.54 Å². The summed E-state index contributed by atoms with van der Waals surface area (Å²) in [7, 11) is 0. The van der Waals surface area contributed by atoms with Gasteiger partial charge in [-0.3, -0.25) is 14.6 Å². The fraction of sp³-hybridized carbons (Fsp3) is 0.500. The molecule has 0 saturated carbocycles. The summed E-state index contributed by atoms with van der Waals surface area (Å²) in [5, 5.41) is 2.82. The van der Waals surface area contributed by atoms with Crippen molar-refractivity contribution in [1.82, 2.24) is 15.2 Å². The van der Waals surface area contributed by atoms with Crippen LogP contribution in [-0.4, -0.2) is 33.8 Å². The predicted octanol–water partition coefficient (Wildman–Crippen LogP) is 1.86. The van der Waals surface area contributed by atoms with Gasteiger partial charge >= 0.3 is 0 Å². The largest absolute Gasteiger partial charge is 0.342 e. The van der Waals surface area contributed by atoms with Crippen LogP contribution >= 0.6 is 15.9 Å². The molecule has 5 nitrogen and oxygen atoms in total. The molecule has 1 saturated heterocycles. The second-order valence-electron chi connectivity index (χ2n) is 5.18. The van der Waals surface area contributed by atoms with Crippen molar-refractivity contribution in [3.63, 3.8) is 0 Å². The third-order valence-corrected chi connectivity index (χ3v) is 4.10. The molecule has 0 spiro atoms. The molecule has 1 fully saturated rings. The Balaban J connectivity index is 2.19. The van der Waals surface area contributed by atoms with E-state index >= 15 is 0 Å². The lowest BCUT2D eigenvalue weighted by atomic mass is 9.97. The molecule has 0 aliphatic carbocycles. The van der Waals surface area contributed by atoms with Crippen LogP contribution in [0.5, 0.6) is 0 Å². The van der Waals surface area contributed by atoms with Gasteiger partial charge in [-0.05, 0) is 41.4 Å². The Hall–Kier alpha value is -1.43. The Kier molecular flexibility index (Phi) is 4.42. The highest BCUT2D eigenvalue weighted by molar-refractivity contribution is 9.10. The van der Waals surface area contributed by atoms with Crippen molar-refractivity contribution in [1.29, 1.82) is 0 Å². The van der Waals surface area contributed by atoms with Crippen molar-refractivity contribution < 1.29 is 9.59 Å². The Morgan fingerprint density at radius 2 is 2.20 bits per heavy atom. The van der Waals surface area contributed by atoms with Crippen molar-refractivity contribution >= 4 is 27.7 Å². The maximum Gasteiger partial charge on any atom is 0.248 e. The number of rotatable bonds is 3. The number of halogens is 1. The van der Waals surface area contributed by atoms with Gasteiger partial charge in [0.15, 0.2) is 0 Å². The van der Waals surface area contributed by atoms with Crippen LogP contribution in [0.2, 0.25) is 0 Å². The average molecular weight is 340 g/mol. The first-order chi connectivity index (χ1) is 9.44. The normalized spacial score (nSPS) is 23.4. The first kappa shape index (κ1) is 15.0. The Bertz CT molecular complexity index is 518. The number of aromatic nitrogens is 1. The lowest BCUT2D eigenvalue weighted by Gasteiger charge is -2.31. The second kappa shape index (κ2) is 5.91. The summed E-state index contributed by atoms with van der Waals surface area (Å²) >= 11 is 3.33. The number of pyridine rings is 1. The van der Waals surface area contributed by atoms with E-state index in [2.05, 4.69) is 26.2 Å². The summed E-state index contributed by atoms with van der Waals surface area (Å²) in [5.41, 5.74) is -0.00231. The molecule has 20 heavy (non-hydrogen) atoms. The minimum atomic E-state index is -0.817. The number of nitrogens with one attached hydrogen (secondary N) is 1. The zero-order valence-electron chi connectivity index (χ0n) is 11.6. The van der Waals surface area contributed by atoms with Crippen LogP contribution in [-0.2, 0) is 16.1 Å². The van der Waals surface area contributed by atoms with Crippen molar-refractivity contribution in [2.45, 2.75) is 38.8 Å². The van der Waals surface area contributed by atoms with Crippen LogP contribution in [0.15, 0.2) is 22.8 Å². The zero-order valence-corrected chi connectivity index (χ0v) is 13.2. The van der Waals surface area contributed by atoms with Gasteiger partial charge in [0.05, 0.1) is 12.2 Å². The standard InChI is InChI=1S/C14H18BrN3O2/c1-3-14(2)13(20)18(7-6-12(19)17-14)9-11-5-4-10(15)8-16-11/h4-5,8H,3,6-7,9H2,1-2H3,(H,17,19). The van der Waals surface area contributed by atoms with Gasteiger partial charge in [-0.2, -0.15) is 0 Å². The Labute approximate surface area is 126 Å². The van der Waals surface area contributed by atoms with E-state index in [1.165, 1.54) is 0 Å². The van der Waals surface area contributed by atoms with Gasteiger partial charge in [-0.15, -0.1) is 0 Å². The Morgan fingerprint density at radius 3 is 2.80 bits per heavy atom. The average Bonchev–Trinajstić information content (AvgIpc) is 2.53. The summed E-state index contributed by atoms with van der Waals surface area (Å²) in [6, 6.07) is 3.77. The topological polar surface area (TPSA) is 62.3 Å². The van der Waals surface area contributed by atoms with Gasteiger partial charge < -0.3 is 10.2 Å². The highest BCUT2D eigenvalue weighted by atomic mass is 79.9. The van der Waals surface area contributed by atoms with Crippen molar-refractivity contribution in [2.75, 3.05) is 6.54 Å². The lowest BCUT2D eigenvalue weighted by molar-refractivity contribution is -0.138. The molecule has 108 valence electrons. The molecule has 2 rings (SSSR count). The van der Waals surface area contributed by atoms with Gasteiger partial charge in [0, 0.05) is 23.6 Å². The summed E-state index contributed by atoms with van der Waals surface area (Å²) < 4.78 is 0.902. The summed E-state index contributed by atoms with van der Waals surface area (Å²) in [6.07, 6.45) is 2.61. The van der Waals surface area contributed by atoms with E-state index in [1.807, 2.05) is 19.1 Å². The third kappa shape index (κ3) is 3.17. The maximum absolute atomic E-state index is 12.6. The van der Waals surface area contributed by atoms with E-state index in [-0.39, 0.29) is 11.8 Å². The molecule has 2 amide bonds. The number of amides is 2. The third-order valence-electron chi connectivity index (χ3n) is 3.63. The lowest BCUT2D eigenvalue weighted by Crippen LogP contribution is -2.54. The molecule has 0 bridgehead atoms. The Morgan fingerprint density at radius 1 is 1.45 bits per heavy atom. The van der Waals surface area contributed by atoms with E-state index in [9.17, 15) is 9.59 Å². The minimum absolute atomic E-state index is 0.0458. The van der Waals surface area contributed by atoms with E-state index < -0.39 is 5.54 Å². The van der Waals surface area contributed by atoms with Crippen LogP contribution < -0.4 is 5.32 Å². The SMILES string of the molecule is CCC1(C)NC(=O)CCN(Cc2ccc(Br)cn2)C1=O. The van der Waals surface area contributed by atoms with Gasteiger partial charge in [0.2, 0.25) is 11.8 Å². The highest BCUT2D eigenvalue weighted by Crippen LogP contribution is 2.19. The summed E-state index contributed by atoms with van der Waals surface area (Å²) in [6.45, 7) is 4.54. The van der Waals surface area contributed by atoms with E-state index in [4.69, 9.17) is 0 Å². The minimum Gasteiger partial charge on any atom is -0.342 e. The molecular formula is C14H18BrN3O2. The molecule has 1 aliphatic rings. The molecule has 1 unspecified atom stereocenters. The number of carbonyl (C=O) groups excluding carboxylic acids is 2. The van der Waals surface area contributed by atoms with Crippen molar-refractivity contribution in [2.24, 2.45) is 0 Å². The smallest absolute Gasteiger partial charge is 0.248 e. The number of hydrogen-bond acceptors (Lipinski definition) is 3. The van der Waals surface area contributed by atoms with Crippen LogP contribution in [0.25, 0.3) is 0 Å². The summed E-state index contributed by atoms with van der Waals surface area (Å²) in [4.78, 5) is 30.3. The van der Waals surface area contributed by atoms with Gasteiger partial charge in [0.25, 0.3) is 0 Å². The van der Waals surface area contributed by atoms with Crippen LogP contribution in [0.4, 0.5) is 0 Å². The van der Waals surface area contributed by atoms with Gasteiger partial charge in [-0.1, -0.05) is 6.92 Å². The monoisotopic (exact) mass is 339 g/mol. The predicted molar refractivity (Wildman–Crippen MR) is 78.8 cm³/mol. The maximum atomic E-state index is 12.6. The molecule has 0 radical (unpaired) electrons. The van der Waals surface area contributed by atoms with Gasteiger partial charge in [-0.25, -0.2) is 0 Å². The molecular weight excluding hydrogens is 322 g/mol. The number of hydrogen-bond donors (Lipinski definition) is 1. The molecule has 1 N–H and O–H groups in total. The van der Waals surface area contributed by atoms with Crippen LogP contribution in [0.3, 0.4) is 0 Å².